The smallest absolute Gasteiger partial charge is 0.244 e. The van der Waals surface area contributed by atoms with Crippen molar-refractivity contribution in [3.63, 3.8) is 0 Å². The molecule has 0 spiro atoms. The van der Waals surface area contributed by atoms with E-state index in [1.165, 1.54) is 23.5 Å². The van der Waals surface area contributed by atoms with Gasteiger partial charge in [-0.3, -0.25) is 4.31 Å². The molecule has 8 nitrogen and oxygen atoms in total. The van der Waals surface area contributed by atoms with Crippen molar-refractivity contribution in [3.05, 3.63) is 18.2 Å². The van der Waals surface area contributed by atoms with Gasteiger partial charge in [-0.1, -0.05) is 0 Å². The molecule has 0 aromatic heterocycles. The zero-order valence-electron chi connectivity index (χ0n) is 14.4. The molecule has 1 fully saturated rings. The van der Waals surface area contributed by atoms with E-state index in [0.29, 0.717) is 31.7 Å². The standard InChI is InChI=1S/C15H24N2O6S2/c1-22-10-5-8-16-25(20,21)15-12-13(6-7-14(15)23-2)17-9-3-4-11-24(17,18)19/h6-7,12,16H,3-5,8-11H2,1-2H3. The molecular weight excluding hydrogens is 368 g/mol. The van der Waals surface area contributed by atoms with Gasteiger partial charge in [0.1, 0.15) is 10.6 Å². The summed E-state index contributed by atoms with van der Waals surface area (Å²) in [5.74, 6) is 0.230. The number of methoxy groups -OCH3 is 2. The van der Waals surface area contributed by atoms with Crippen LogP contribution in [-0.2, 0) is 24.8 Å². The summed E-state index contributed by atoms with van der Waals surface area (Å²) in [6.07, 6.45) is 1.88. The Kier molecular flexibility index (Phi) is 6.66. The molecule has 1 aliphatic rings. The Hall–Kier alpha value is -1.36. The van der Waals surface area contributed by atoms with Crippen molar-refractivity contribution in [2.75, 3.05) is 44.0 Å². The Bertz CT molecular complexity index is 792. The summed E-state index contributed by atoms with van der Waals surface area (Å²) in [7, 11) is -4.34. The summed E-state index contributed by atoms with van der Waals surface area (Å²) < 4.78 is 63.4. The second-order valence-electron chi connectivity index (χ2n) is 5.67. The second kappa shape index (κ2) is 8.35. The van der Waals surface area contributed by atoms with E-state index < -0.39 is 20.0 Å². The van der Waals surface area contributed by atoms with E-state index in [2.05, 4.69) is 4.72 Å². The van der Waals surface area contributed by atoms with Crippen LogP contribution >= 0.6 is 0 Å². The first kappa shape index (κ1) is 20.0. The lowest BCUT2D eigenvalue weighted by atomic mass is 10.2. The fourth-order valence-corrected chi connectivity index (χ4v) is 5.50. The lowest BCUT2D eigenvalue weighted by Gasteiger charge is -2.28. The number of hydrogen-bond acceptors (Lipinski definition) is 6. The maximum atomic E-state index is 12.6. The molecule has 0 aliphatic carbocycles. The molecule has 10 heteroatoms. The van der Waals surface area contributed by atoms with Gasteiger partial charge in [0.2, 0.25) is 20.0 Å². The van der Waals surface area contributed by atoms with E-state index >= 15 is 0 Å². The van der Waals surface area contributed by atoms with Crippen molar-refractivity contribution < 1.29 is 26.3 Å². The first-order chi connectivity index (χ1) is 11.8. The number of nitrogens with zero attached hydrogens (tertiary/aromatic N) is 1. The van der Waals surface area contributed by atoms with Crippen molar-refractivity contribution in [1.82, 2.24) is 4.72 Å². The van der Waals surface area contributed by atoms with Crippen molar-refractivity contribution in [2.45, 2.75) is 24.2 Å². The topological polar surface area (TPSA) is 102 Å². The molecule has 1 aromatic carbocycles. The van der Waals surface area contributed by atoms with Gasteiger partial charge in [-0.25, -0.2) is 21.6 Å². The Balaban J connectivity index is 2.33. The highest BCUT2D eigenvalue weighted by atomic mass is 32.2. The molecule has 0 radical (unpaired) electrons. The predicted molar refractivity (Wildman–Crippen MR) is 95.0 cm³/mol. The quantitative estimate of drug-likeness (QED) is 0.661. The first-order valence-electron chi connectivity index (χ1n) is 7.99. The largest absolute Gasteiger partial charge is 0.495 e. The van der Waals surface area contributed by atoms with E-state index in [-0.39, 0.29) is 22.9 Å². The summed E-state index contributed by atoms with van der Waals surface area (Å²) in [4.78, 5) is -0.0781. The number of ether oxygens (including phenoxy) is 2. The van der Waals surface area contributed by atoms with Crippen LogP contribution in [0, 0.1) is 0 Å². The van der Waals surface area contributed by atoms with E-state index in [1.54, 1.807) is 13.2 Å². The Morgan fingerprint density at radius 2 is 2.00 bits per heavy atom. The number of nitrogens with one attached hydrogen (secondary N) is 1. The molecule has 1 saturated heterocycles. The molecule has 2 rings (SSSR count). The molecule has 0 saturated carbocycles. The molecule has 1 N–H and O–H groups in total. The van der Waals surface area contributed by atoms with Crippen LogP contribution in [0.2, 0.25) is 0 Å². The van der Waals surface area contributed by atoms with Gasteiger partial charge in [-0.15, -0.1) is 0 Å². The van der Waals surface area contributed by atoms with Crippen LogP contribution in [0.4, 0.5) is 5.69 Å². The van der Waals surface area contributed by atoms with E-state index in [4.69, 9.17) is 9.47 Å². The van der Waals surface area contributed by atoms with Crippen molar-refractivity contribution in [3.8, 4) is 5.75 Å². The van der Waals surface area contributed by atoms with Gasteiger partial charge in [0.25, 0.3) is 0 Å². The van der Waals surface area contributed by atoms with E-state index in [9.17, 15) is 16.8 Å². The molecule has 1 aromatic rings. The van der Waals surface area contributed by atoms with Gasteiger partial charge < -0.3 is 9.47 Å². The van der Waals surface area contributed by atoms with E-state index in [0.717, 1.165) is 6.42 Å². The molecular formula is C15H24N2O6S2. The minimum absolute atomic E-state index is 0.0659. The summed E-state index contributed by atoms with van der Waals surface area (Å²) >= 11 is 0. The van der Waals surface area contributed by atoms with Crippen LogP contribution in [0.5, 0.6) is 5.75 Å². The summed E-state index contributed by atoms with van der Waals surface area (Å²) in [5, 5.41) is 0. The third kappa shape index (κ3) is 4.84. The van der Waals surface area contributed by atoms with Crippen LogP contribution in [0.1, 0.15) is 19.3 Å². The third-order valence-electron chi connectivity index (χ3n) is 3.89. The number of benzene rings is 1. The number of sulfonamides is 2. The van der Waals surface area contributed by atoms with Crippen molar-refractivity contribution in [2.24, 2.45) is 0 Å². The predicted octanol–water partition coefficient (Wildman–Crippen LogP) is 0.940. The Morgan fingerprint density at radius 3 is 2.64 bits per heavy atom. The molecule has 1 aliphatic heterocycles. The maximum absolute atomic E-state index is 12.6. The zero-order valence-corrected chi connectivity index (χ0v) is 16.0. The highest BCUT2D eigenvalue weighted by Gasteiger charge is 2.28. The fraction of sp³-hybridized carbons (Fsp3) is 0.600. The molecule has 0 amide bonds. The van der Waals surface area contributed by atoms with Gasteiger partial charge >= 0.3 is 0 Å². The van der Waals surface area contributed by atoms with Crippen LogP contribution in [-0.4, -0.2) is 56.5 Å². The highest BCUT2D eigenvalue weighted by molar-refractivity contribution is 7.92. The summed E-state index contributed by atoms with van der Waals surface area (Å²) in [6.45, 7) is 0.993. The number of rotatable bonds is 8. The highest BCUT2D eigenvalue weighted by Crippen LogP contribution is 2.31. The van der Waals surface area contributed by atoms with Gasteiger partial charge in [0.05, 0.1) is 18.6 Å². The van der Waals surface area contributed by atoms with Gasteiger partial charge in [0, 0.05) is 26.8 Å². The maximum Gasteiger partial charge on any atom is 0.244 e. The molecule has 0 atom stereocenters. The monoisotopic (exact) mass is 392 g/mol. The molecule has 0 unspecified atom stereocenters. The van der Waals surface area contributed by atoms with Crippen molar-refractivity contribution >= 4 is 25.7 Å². The lowest BCUT2D eigenvalue weighted by molar-refractivity contribution is 0.196. The summed E-state index contributed by atoms with van der Waals surface area (Å²) in [5.41, 5.74) is 0.331. The first-order valence-corrected chi connectivity index (χ1v) is 11.1. The van der Waals surface area contributed by atoms with Crippen LogP contribution in [0.15, 0.2) is 23.1 Å². The number of anilines is 1. The zero-order chi connectivity index (χ0) is 18.5. The minimum Gasteiger partial charge on any atom is -0.495 e. The SMILES string of the molecule is COCCCNS(=O)(=O)c1cc(N2CCCCS2(=O)=O)ccc1OC. The van der Waals surface area contributed by atoms with Gasteiger partial charge in [-0.2, -0.15) is 0 Å². The van der Waals surface area contributed by atoms with Crippen LogP contribution in [0.25, 0.3) is 0 Å². The van der Waals surface area contributed by atoms with Crippen LogP contribution < -0.4 is 13.8 Å². The Labute approximate surface area is 149 Å². The average molecular weight is 392 g/mol. The summed E-state index contributed by atoms with van der Waals surface area (Å²) in [6, 6.07) is 4.38. The molecule has 1 heterocycles. The minimum atomic E-state index is -3.83. The lowest BCUT2D eigenvalue weighted by Crippen LogP contribution is -2.38. The molecule has 25 heavy (non-hydrogen) atoms. The van der Waals surface area contributed by atoms with Crippen molar-refractivity contribution in [1.29, 1.82) is 0 Å². The molecule has 0 bridgehead atoms. The van der Waals surface area contributed by atoms with Gasteiger partial charge in [0.15, 0.2) is 0 Å². The average Bonchev–Trinajstić information content (AvgIpc) is 2.58. The molecule has 142 valence electrons. The normalized spacial score (nSPS) is 17.4. The second-order valence-corrected chi connectivity index (χ2v) is 9.42. The Morgan fingerprint density at radius 1 is 1.24 bits per heavy atom. The van der Waals surface area contributed by atoms with E-state index in [1.807, 2.05) is 0 Å². The fourth-order valence-electron chi connectivity index (χ4n) is 2.61. The third-order valence-corrected chi connectivity index (χ3v) is 7.24. The van der Waals surface area contributed by atoms with Gasteiger partial charge in [-0.05, 0) is 37.5 Å². The number of hydrogen-bond donors (Lipinski definition) is 1. The van der Waals surface area contributed by atoms with Crippen LogP contribution in [0.3, 0.4) is 0 Å².